The summed E-state index contributed by atoms with van der Waals surface area (Å²) in [5, 5.41) is 2.76. The lowest BCUT2D eigenvalue weighted by Gasteiger charge is -2.10. The van der Waals surface area contributed by atoms with E-state index in [2.05, 4.69) is 15.0 Å². The molecule has 0 saturated carbocycles. The third-order valence-corrected chi connectivity index (χ3v) is 5.20. The SMILES string of the molecule is CNS(=O)(=O)c1ccc(C)c(C(=O)Nc2ccc3oc(C)nc3c2)c1. The van der Waals surface area contributed by atoms with Crippen molar-refractivity contribution in [3.8, 4) is 0 Å². The molecule has 1 heterocycles. The third kappa shape index (κ3) is 3.40. The number of sulfonamides is 1. The van der Waals surface area contributed by atoms with E-state index in [1.165, 1.54) is 19.2 Å². The number of fused-ring (bicyclic) bond motifs is 1. The summed E-state index contributed by atoms with van der Waals surface area (Å²) in [4.78, 5) is 16.8. The van der Waals surface area contributed by atoms with Crippen LogP contribution in [0.15, 0.2) is 45.7 Å². The van der Waals surface area contributed by atoms with Crippen molar-refractivity contribution in [2.24, 2.45) is 0 Å². The Kier molecular flexibility index (Phi) is 4.32. The van der Waals surface area contributed by atoms with Gasteiger partial charge in [-0.2, -0.15) is 0 Å². The number of nitrogens with zero attached hydrogens (tertiary/aromatic N) is 1. The highest BCUT2D eigenvalue weighted by molar-refractivity contribution is 7.89. The van der Waals surface area contributed by atoms with Gasteiger partial charge in [-0.3, -0.25) is 4.79 Å². The quantitative estimate of drug-likeness (QED) is 0.746. The van der Waals surface area contributed by atoms with Crippen LogP contribution in [0.5, 0.6) is 0 Å². The normalized spacial score (nSPS) is 11.6. The average molecular weight is 359 g/mol. The van der Waals surface area contributed by atoms with Gasteiger partial charge in [0.1, 0.15) is 5.52 Å². The van der Waals surface area contributed by atoms with Crippen molar-refractivity contribution < 1.29 is 17.6 Å². The zero-order valence-corrected chi connectivity index (χ0v) is 14.8. The van der Waals surface area contributed by atoms with Gasteiger partial charge >= 0.3 is 0 Å². The van der Waals surface area contributed by atoms with E-state index < -0.39 is 15.9 Å². The fourth-order valence-corrected chi connectivity index (χ4v) is 3.21. The number of aromatic nitrogens is 1. The molecule has 2 N–H and O–H groups in total. The highest BCUT2D eigenvalue weighted by Gasteiger charge is 2.17. The first-order valence-electron chi connectivity index (χ1n) is 7.53. The molecule has 1 amide bonds. The van der Waals surface area contributed by atoms with Crippen molar-refractivity contribution in [1.82, 2.24) is 9.71 Å². The number of amides is 1. The number of rotatable bonds is 4. The lowest BCUT2D eigenvalue weighted by molar-refractivity contribution is 0.102. The fourth-order valence-electron chi connectivity index (χ4n) is 2.45. The Bertz CT molecular complexity index is 1070. The maximum absolute atomic E-state index is 12.6. The second-order valence-electron chi connectivity index (χ2n) is 5.55. The van der Waals surface area contributed by atoms with E-state index in [9.17, 15) is 13.2 Å². The van der Waals surface area contributed by atoms with Crippen molar-refractivity contribution in [3.05, 3.63) is 53.4 Å². The van der Waals surface area contributed by atoms with Crippen LogP contribution in [-0.4, -0.2) is 26.4 Å². The van der Waals surface area contributed by atoms with Gasteiger partial charge in [0, 0.05) is 18.2 Å². The summed E-state index contributed by atoms with van der Waals surface area (Å²) in [5.41, 5.74) is 2.78. The molecule has 7 nitrogen and oxygen atoms in total. The standard InChI is InChI=1S/C17H17N3O4S/c1-10-4-6-13(25(22,23)18-3)9-14(10)17(21)20-12-5-7-16-15(8-12)19-11(2)24-16/h4-9,18H,1-3H3,(H,20,21). The zero-order valence-electron chi connectivity index (χ0n) is 14.0. The van der Waals surface area contributed by atoms with Crippen molar-refractivity contribution in [3.63, 3.8) is 0 Å². The molecule has 0 bridgehead atoms. The van der Waals surface area contributed by atoms with E-state index >= 15 is 0 Å². The fraction of sp³-hybridized carbons (Fsp3) is 0.176. The van der Waals surface area contributed by atoms with E-state index in [4.69, 9.17) is 4.42 Å². The Hall–Kier alpha value is -2.71. The van der Waals surface area contributed by atoms with Gasteiger partial charge in [0.2, 0.25) is 10.0 Å². The van der Waals surface area contributed by atoms with E-state index in [-0.39, 0.29) is 10.5 Å². The Morgan fingerprint density at radius 3 is 2.60 bits per heavy atom. The first kappa shape index (κ1) is 17.1. The monoisotopic (exact) mass is 359 g/mol. The summed E-state index contributed by atoms with van der Waals surface area (Å²) in [6.07, 6.45) is 0. The van der Waals surface area contributed by atoms with Crippen LogP contribution in [0.2, 0.25) is 0 Å². The summed E-state index contributed by atoms with van der Waals surface area (Å²) in [5.74, 6) is 0.143. The molecule has 0 aliphatic carbocycles. The summed E-state index contributed by atoms with van der Waals surface area (Å²) in [6, 6.07) is 9.54. The Morgan fingerprint density at radius 2 is 1.88 bits per heavy atom. The van der Waals surface area contributed by atoms with Crippen molar-refractivity contribution in [1.29, 1.82) is 0 Å². The number of carbonyl (C=O) groups is 1. The van der Waals surface area contributed by atoms with Crippen LogP contribution in [0.3, 0.4) is 0 Å². The summed E-state index contributed by atoms with van der Waals surface area (Å²) >= 11 is 0. The zero-order chi connectivity index (χ0) is 18.2. The minimum absolute atomic E-state index is 0.0355. The molecule has 8 heteroatoms. The molecule has 25 heavy (non-hydrogen) atoms. The van der Waals surface area contributed by atoms with Gasteiger partial charge in [0.15, 0.2) is 11.5 Å². The lowest BCUT2D eigenvalue weighted by Crippen LogP contribution is -2.20. The van der Waals surface area contributed by atoms with Gasteiger partial charge in [-0.15, -0.1) is 0 Å². The number of hydrogen-bond acceptors (Lipinski definition) is 5. The Balaban J connectivity index is 1.93. The van der Waals surface area contributed by atoms with E-state index in [1.807, 2.05) is 0 Å². The molecule has 3 aromatic rings. The van der Waals surface area contributed by atoms with E-state index in [1.54, 1.807) is 38.1 Å². The maximum atomic E-state index is 12.6. The number of oxazole rings is 1. The van der Waals surface area contributed by atoms with Gasteiger partial charge in [-0.1, -0.05) is 6.07 Å². The number of anilines is 1. The predicted molar refractivity (Wildman–Crippen MR) is 94.1 cm³/mol. The first-order chi connectivity index (χ1) is 11.8. The van der Waals surface area contributed by atoms with E-state index in [0.29, 0.717) is 28.2 Å². The van der Waals surface area contributed by atoms with Gasteiger partial charge in [-0.25, -0.2) is 18.1 Å². The summed E-state index contributed by atoms with van der Waals surface area (Å²) < 4.78 is 31.5. The molecule has 0 atom stereocenters. The molecule has 0 aliphatic heterocycles. The van der Waals surface area contributed by atoms with E-state index in [0.717, 1.165) is 0 Å². The van der Waals surface area contributed by atoms with Crippen LogP contribution in [0.1, 0.15) is 21.8 Å². The molecule has 0 radical (unpaired) electrons. The minimum atomic E-state index is -3.62. The number of nitrogens with one attached hydrogen (secondary N) is 2. The average Bonchev–Trinajstić information content (AvgIpc) is 2.94. The molecule has 2 aromatic carbocycles. The maximum Gasteiger partial charge on any atom is 0.255 e. The van der Waals surface area contributed by atoms with Gasteiger partial charge in [0.25, 0.3) is 5.91 Å². The molecule has 0 fully saturated rings. The van der Waals surface area contributed by atoms with Crippen LogP contribution < -0.4 is 10.0 Å². The van der Waals surface area contributed by atoms with Crippen molar-refractivity contribution >= 4 is 32.7 Å². The van der Waals surface area contributed by atoms with Crippen LogP contribution in [0.25, 0.3) is 11.1 Å². The first-order valence-corrected chi connectivity index (χ1v) is 9.01. The summed E-state index contributed by atoms with van der Waals surface area (Å²) in [6.45, 7) is 3.49. The van der Waals surface area contributed by atoms with Gasteiger partial charge in [0.05, 0.1) is 4.90 Å². The highest BCUT2D eigenvalue weighted by atomic mass is 32.2. The second-order valence-corrected chi connectivity index (χ2v) is 7.44. The number of carbonyl (C=O) groups excluding carboxylic acids is 1. The van der Waals surface area contributed by atoms with Crippen LogP contribution >= 0.6 is 0 Å². The summed E-state index contributed by atoms with van der Waals surface area (Å²) in [7, 11) is -2.30. The predicted octanol–water partition coefficient (Wildman–Crippen LogP) is 2.61. The Morgan fingerprint density at radius 1 is 1.12 bits per heavy atom. The molecule has 1 aromatic heterocycles. The molecule has 0 spiro atoms. The van der Waals surface area contributed by atoms with Crippen LogP contribution in [0, 0.1) is 13.8 Å². The molecule has 130 valence electrons. The van der Waals surface area contributed by atoms with Crippen molar-refractivity contribution in [2.45, 2.75) is 18.7 Å². The van der Waals surface area contributed by atoms with Crippen LogP contribution in [0.4, 0.5) is 5.69 Å². The highest BCUT2D eigenvalue weighted by Crippen LogP contribution is 2.21. The number of hydrogen-bond donors (Lipinski definition) is 2. The molecule has 0 unspecified atom stereocenters. The third-order valence-electron chi connectivity index (χ3n) is 3.79. The molecule has 0 aliphatic rings. The second kappa shape index (κ2) is 6.30. The van der Waals surface area contributed by atoms with Crippen molar-refractivity contribution in [2.75, 3.05) is 12.4 Å². The molecule has 3 rings (SSSR count). The Labute approximate surface area is 145 Å². The van der Waals surface area contributed by atoms with Gasteiger partial charge in [-0.05, 0) is 49.9 Å². The molecular weight excluding hydrogens is 342 g/mol. The number of aryl methyl sites for hydroxylation is 2. The van der Waals surface area contributed by atoms with Gasteiger partial charge < -0.3 is 9.73 Å². The molecular formula is C17H17N3O4S. The smallest absolute Gasteiger partial charge is 0.255 e. The molecule has 0 saturated heterocycles. The minimum Gasteiger partial charge on any atom is -0.441 e. The lowest BCUT2D eigenvalue weighted by atomic mass is 10.1. The topological polar surface area (TPSA) is 101 Å². The number of benzene rings is 2. The van der Waals surface area contributed by atoms with Crippen LogP contribution in [-0.2, 0) is 10.0 Å². The largest absolute Gasteiger partial charge is 0.441 e.